The van der Waals surface area contributed by atoms with E-state index in [1.807, 2.05) is 0 Å². The summed E-state index contributed by atoms with van der Waals surface area (Å²) in [5.41, 5.74) is 5.82. The molecule has 1 aromatic carbocycles. The van der Waals surface area contributed by atoms with Crippen LogP contribution in [0.2, 0.25) is 0 Å². The summed E-state index contributed by atoms with van der Waals surface area (Å²) in [4.78, 5) is 8.10. The van der Waals surface area contributed by atoms with E-state index in [1.165, 1.54) is 20.3 Å². The summed E-state index contributed by atoms with van der Waals surface area (Å²) >= 11 is 6.21. The van der Waals surface area contributed by atoms with Gasteiger partial charge in [0.15, 0.2) is 17.5 Å². The highest BCUT2D eigenvalue weighted by Crippen LogP contribution is 2.33. The van der Waals surface area contributed by atoms with Crippen molar-refractivity contribution in [3.05, 3.63) is 41.2 Å². The smallest absolute Gasteiger partial charge is 0.220 e. The van der Waals surface area contributed by atoms with Crippen LogP contribution in [0.5, 0.6) is 11.8 Å². The van der Waals surface area contributed by atoms with Gasteiger partial charge in [-0.15, -0.1) is 11.6 Å². The van der Waals surface area contributed by atoms with E-state index in [1.54, 1.807) is 0 Å². The van der Waals surface area contributed by atoms with Crippen LogP contribution in [0, 0.1) is 11.6 Å². The van der Waals surface area contributed by atoms with Gasteiger partial charge in [-0.3, -0.25) is 0 Å². The maximum Gasteiger partial charge on any atom is 0.220 e. The normalized spacial score (nSPS) is 12.0. The van der Waals surface area contributed by atoms with Crippen molar-refractivity contribution in [3.8, 4) is 11.8 Å². The average molecular weight is 316 g/mol. The van der Waals surface area contributed by atoms with Crippen molar-refractivity contribution in [1.82, 2.24) is 9.97 Å². The lowest BCUT2D eigenvalue weighted by atomic mass is 10.1. The number of halogens is 3. The van der Waals surface area contributed by atoms with Gasteiger partial charge in [0.25, 0.3) is 0 Å². The van der Waals surface area contributed by atoms with E-state index < -0.39 is 17.0 Å². The molecular weight excluding hydrogens is 304 g/mol. The molecule has 1 aromatic heterocycles. The third kappa shape index (κ3) is 3.13. The van der Waals surface area contributed by atoms with Crippen molar-refractivity contribution < 1.29 is 18.3 Å². The van der Waals surface area contributed by atoms with E-state index in [2.05, 4.69) is 9.97 Å². The van der Waals surface area contributed by atoms with Gasteiger partial charge in [-0.1, -0.05) is 0 Å². The van der Waals surface area contributed by atoms with E-state index in [0.29, 0.717) is 0 Å². The van der Waals surface area contributed by atoms with Crippen molar-refractivity contribution in [2.24, 2.45) is 0 Å². The van der Waals surface area contributed by atoms with Crippen LogP contribution in [0.15, 0.2) is 18.2 Å². The molecule has 0 saturated heterocycles. The van der Waals surface area contributed by atoms with Crippen molar-refractivity contribution in [2.75, 3.05) is 20.0 Å². The first-order chi connectivity index (χ1) is 9.96. The number of nitrogens with two attached hydrogens (primary N) is 1. The number of ether oxygens (including phenoxy) is 2. The quantitative estimate of drug-likeness (QED) is 0.694. The largest absolute Gasteiger partial charge is 0.481 e. The Kier molecular flexibility index (Phi) is 4.42. The topological polar surface area (TPSA) is 70.3 Å². The number of aromatic nitrogens is 2. The lowest BCUT2D eigenvalue weighted by molar-refractivity contribution is 0.368. The molecule has 0 aliphatic carbocycles. The molecule has 112 valence electrons. The monoisotopic (exact) mass is 315 g/mol. The highest BCUT2D eigenvalue weighted by molar-refractivity contribution is 6.22. The van der Waals surface area contributed by atoms with Gasteiger partial charge in [0.05, 0.1) is 20.3 Å². The Labute approximate surface area is 124 Å². The van der Waals surface area contributed by atoms with Crippen molar-refractivity contribution in [2.45, 2.75) is 5.38 Å². The third-order valence-electron chi connectivity index (χ3n) is 2.74. The third-order valence-corrected chi connectivity index (χ3v) is 3.17. The second-order valence-electron chi connectivity index (χ2n) is 4.07. The molecule has 0 aliphatic rings. The maximum absolute atomic E-state index is 13.3. The van der Waals surface area contributed by atoms with Crippen LogP contribution >= 0.6 is 11.6 Å². The van der Waals surface area contributed by atoms with Crippen LogP contribution in [-0.4, -0.2) is 24.2 Å². The number of nitrogens with zero attached hydrogens (tertiary/aromatic N) is 2. The van der Waals surface area contributed by atoms with E-state index >= 15 is 0 Å². The number of rotatable bonds is 4. The highest BCUT2D eigenvalue weighted by atomic mass is 35.5. The minimum Gasteiger partial charge on any atom is -0.481 e. The van der Waals surface area contributed by atoms with Gasteiger partial charge >= 0.3 is 0 Å². The SMILES string of the molecule is COc1cc(OC)nc(C(Cl)c2cc(F)c(F)cc2N)n1. The molecule has 0 fully saturated rings. The van der Waals surface area contributed by atoms with Crippen LogP contribution in [-0.2, 0) is 0 Å². The molecule has 0 radical (unpaired) electrons. The molecule has 2 aromatic rings. The lowest BCUT2D eigenvalue weighted by Gasteiger charge is -2.13. The molecule has 1 atom stereocenters. The predicted octanol–water partition coefficient (Wildman–Crippen LogP) is 2.68. The number of methoxy groups -OCH3 is 2. The molecule has 8 heteroatoms. The van der Waals surface area contributed by atoms with E-state index in [4.69, 9.17) is 26.8 Å². The molecule has 0 aliphatic heterocycles. The zero-order valence-corrected chi connectivity index (χ0v) is 12.0. The lowest BCUT2D eigenvalue weighted by Crippen LogP contribution is -2.07. The number of hydrogen-bond acceptors (Lipinski definition) is 5. The standard InChI is InChI=1S/C13H12ClF2N3O2/c1-20-10-5-11(21-2)19-13(18-10)12(14)6-3-7(15)8(16)4-9(6)17/h3-5,12H,17H2,1-2H3. The van der Waals surface area contributed by atoms with E-state index in [9.17, 15) is 8.78 Å². The average Bonchev–Trinajstić information content (AvgIpc) is 2.49. The minimum atomic E-state index is -1.06. The number of hydrogen-bond donors (Lipinski definition) is 1. The molecule has 0 bridgehead atoms. The van der Waals surface area contributed by atoms with Crippen LogP contribution in [0.1, 0.15) is 16.8 Å². The molecule has 1 unspecified atom stereocenters. The fraction of sp³-hybridized carbons (Fsp3) is 0.231. The Balaban J connectivity index is 2.49. The summed E-state index contributed by atoms with van der Waals surface area (Å²) in [6.45, 7) is 0. The fourth-order valence-corrected chi connectivity index (χ4v) is 1.97. The Hall–Kier alpha value is -2.15. The fourth-order valence-electron chi connectivity index (χ4n) is 1.68. The molecule has 1 heterocycles. The Bertz CT molecular complexity index is 648. The summed E-state index contributed by atoms with van der Waals surface area (Å²) in [7, 11) is 2.83. The van der Waals surface area contributed by atoms with Crippen LogP contribution in [0.25, 0.3) is 0 Å². The number of anilines is 1. The van der Waals surface area contributed by atoms with Gasteiger partial charge in [-0.25, -0.2) is 8.78 Å². The minimum absolute atomic E-state index is 0.000660. The van der Waals surface area contributed by atoms with Crippen LogP contribution in [0.4, 0.5) is 14.5 Å². The van der Waals surface area contributed by atoms with E-state index in [-0.39, 0.29) is 28.8 Å². The van der Waals surface area contributed by atoms with E-state index in [0.717, 1.165) is 12.1 Å². The molecule has 0 spiro atoms. The molecule has 2 N–H and O–H groups in total. The van der Waals surface area contributed by atoms with Crippen LogP contribution in [0.3, 0.4) is 0 Å². The highest BCUT2D eigenvalue weighted by Gasteiger charge is 2.21. The van der Waals surface area contributed by atoms with Gasteiger partial charge in [0, 0.05) is 17.3 Å². The Morgan fingerprint density at radius 2 is 1.57 bits per heavy atom. The number of benzene rings is 1. The Morgan fingerprint density at radius 1 is 1.05 bits per heavy atom. The van der Waals surface area contributed by atoms with Crippen molar-refractivity contribution in [3.63, 3.8) is 0 Å². The summed E-state index contributed by atoms with van der Waals surface area (Å²) in [5, 5.41) is -0.982. The zero-order valence-electron chi connectivity index (χ0n) is 11.2. The predicted molar refractivity (Wildman–Crippen MR) is 73.6 cm³/mol. The molecule has 0 amide bonds. The summed E-state index contributed by atoms with van der Waals surface area (Å²) in [6, 6.07) is 3.23. The summed E-state index contributed by atoms with van der Waals surface area (Å²) in [5.74, 6) is -1.55. The number of nitrogen functional groups attached to an aromatic ring is 1. The van der Waals surface area contributed by atoms with Gasteiger partial charge in [-0.2, -0.15) is 9.97 Å². The van der Waals surface area contributed by atoms with Crippen molar-refractivity contribution in [1.29, 1.82) is 0 Å². The number of alkyl halides is 1. The second-order valence-corrected chi connectivity index (χ2v) is 4.51. The summed E-state index contributed by atoms with van der Waals surface area (Å²) < 4.78 is 36.4. The van der Waals surface area contributed by atoms with Crippen molar-refractivity contribution >= 4 is 17.3 Å². The van der Waals surface area contributed by atoms with Gasteiger partial charge in [-0.05, 0) is 6.07 Å². The molecule has 2 rings (SSSR count). The molecular formula is C13H12ClF2N3O2. The van der Waals surface area contributed by atoms with Gasteiger partial charge in [0.2, 0.25) is 11.8 Å². The maximum atomic E-state index is 13.3. The van der Waals surface area contributed by atoms with Gasteiger partial charge in [0.1, 0.15) is 5.38 Å². The molecule has 0 saturated carbocycles. The first kappa shape index (κ1) is 15.2. The second kappa shape index (κ2) is 6.09. The summed E-state index contributed by atoms with van der Waals surface area (Å²) in [6.07, 6.45) is 0. The zero-order chi connectivity index (χ0) is 15.6. The first-order valence-electron chi connectivity index (χ1n) is 5.81. The first-order valence-corrected chi connectivity index (χ1v) is 6.25. The Morgan fingerprint density at radius 3 is 2.10 bits per heavy atom. The molecule has 21 heavy (non-hydrogen) atoms. The van der Waals surface area contributed by atoms with Gasteiger partial charge < -0.3 is 15.2 Å². The van der Waals surface area contributed by atoms with Crippen LogP contribution < -0.4 is 15.2 Å². The molecule has 5 nitrogen and oxygen atoms in total.